The molecule has 0 amide bonds. The maximum Gasteiger partial charge on any atom is 0.307 e. The normalized spacial score (nSPS) is 12.1. The highest BCUT2D eigenvalue weighted by Crippen LogP contribution is 2.29. The van der Waals surface area contributed by atoms with Crippen molar-refractivity contribution in [3.63, 3.8) is 0 Å². The van der Waals surface area contributed by atoms with E-state index in [9.17, 15) is 4.79 Å². The van der Waals surface area contributed by atoms with E-state index in [1.165, 1.54) is 7.11 Å². The molecule has 5 heteroatoms. The Labute approximate surface area is 111 Å². The number of halogens is 2. The third-order valence-corrected chi connectivity index (χ3v) is 3.07. The Balaban J connectivity index is 2.74. The average molecular weight is 276 g/mol. The summed E-state index contributed by atoms with van der Waals surface area (Å²) in [6, 6.07) is 3.48. The first-order valence-electron chi connectivity index (χ1n) is 5.23. The van der Waals surface area contributed by atoms with Gasteiger partial charge >= 0.3 is 5.97 Å². The molecule has 0 radical (unpaired) electrons. The second-order valence-electron chi connectivity index (χ2n) is 3.91. The van der Waals surface area contributed by atoms with Gasteiger partial charge in [0.15, 0.2) is 0 Å². The number of carbonyl (C=O) groups excluding carboxylic acids is 1. The summed E-state index contributed by atoms with van der Waals surface area (Å²) in [5, 5.41) is 4.35. The number of methoxy groups -OCH3 is 1. The smallest absolute Gasteiger partial charge is 0.307 e. The van der Waals surface area contributed by atoms with Gasteiger partial charge < -0.3 is 10.1 Å². The van der Waals surface area contributed by atoms with Crippen molar-refractivity contribution in [3.8, 4) is 0 Å². The van der Waals surface area contributed by atoms with Gasteiger partial charge in [-0.15, -0.1) is 0 Å². The summed E-state index contributed by atoms with van der Waals surface area (Å²) >= 11 is 12.1. The molecular weight excluding hydrogens is 261 g/mol. The molecule has 3 nitrogen and oxygen atoms in total. The van der Waals surface area contributed by atoms with E-state index >= 15 is 0 Å². The fourth-order valence-electron chi connectivity index (χ4n) is 1.41. The SMILES string of the molecule is COC(=O)CC(C)Nc1cc(Cl)c(C)cc1Cl. The number of hydrogen-bond acceptors (Lipinski definition) is 3. The molecule has 0 bridgehead atoms. The summed E-state index contributed by atoms with van der Waals surface area (Å²) in [6.45, 7) is 3.76. The van der Waals surface area contributed by atoms with E-state index in [2.05, 4.69) is 10.1 Å². The Morgan fingerprint density at radius 3 is 2.65 bits per heavy atom. The molecule has 1 atom stereocenters. The highest BCUT2D eigenvalue weighted by atomic mass is 35.5. The highest BCUT2D eigenvalue weighted by Gasteiger charge is 2.11. The quantitative estimate of drug-likeness (QED) is 0.853. The van der Waals surface area contributed by atoms with E-state index in [1.807, 2.05) is 13.8 Å². The first-order chi connectivity index (χ1) is 7.93. The molecule has 0 aromatic heterocycles. The number of benzene rings is 1. The van der Waals surface area contributed by atoms with Crippen molar-refractivity contribution < 1.29 is 9.53 Å². The molecule has 0 saturated carbocycles. The third-order valence-electron chi connectivity index (χ3n) is 2.35. The van der Waals surface area contributed by atoms with Gasteiger partial charge in [-0.2, -0.15) is 0 Å². The van der Waals surface area contributed by atoms with E-state index in [4.69, 9.17) is 23.2 Å². The van der Waals surface area contributed by atoms with Crippen LogP contribution in [0.5, 0.6) is 0 Å². The van der Waals surface area contributed by atoms with Crippen molar-refractivity contribution in [3.05, 3.63) is 27.7 Å². The molecule has 1 rings (SSSR count). The lowest BCUT2D eigenvalue weighted by Gasteiger charge is -2.16. The van der Waals surface area contributed by atoms with Crippen LogP contribution in [0, 0.1) is 6.92 Å². The van der Waals surface area contributed by atoms with Crippen molar-refractivity contribution in [2.24, 2.45) is 0 Å². The van der Waals surface area contributed by atoms with Crippen LogP contribution in [0.25, 0.3) is 0 Å². The minimum atomic E-state index is -0.265. The number of aryl methyl sites for hydroxylation is 1. The molecule has 0 aliphatic carbocycles. The van der Waals surface area contributed by atoms with Crippen LogP contribution >= 0.6 is 23.2 Å². The lowest BCUT2D eigenvalue weighted by atomic mass is 10.2. The number of rotatable bonds is 4. The lowest BCUT2D eigenvalue weighted by molar-refractivity contribution is -0.140. The van der Waals surface area contributed by atoms with Gasteiger partial charge in [-0.1, -0.05) is 23.2 Å². The van der Waals surface area contributed by atoms with Crippen molar-refractivity contribution in [1.82, 2.24) is 0 Å². The Morgan fingerprint density at radius 2 is 2.06 bits per heavy atom. The summed E-state index contributed by atoms with van der Waals surface area (Å²) in [7, 11) is 1.37. The maximum absolute atomic E-state index is 11.1. The molecule has 94 valence electrons. The second-order valence-corrected chi connectivity index (χ2v) is 4.72. The molecule has 0 spiro atoms. The third kappa shape index (κ3) is 4.10. The van der Waals surface area contributed by atoms with Gasteiger partial charge in [0.1, 0.15) is 0 Å². The van der Waals surface area contributed by atoms with Crippen LogP contribution < -0.4 is 5.32 Å². The molecule has 0 heterocycles. The van der Waals surface area contributed by atoms with E-state index in [-0.39, 0.29) is 18.4 Å². The van der Waals surface area contributed by atoms with E-state index in [0.29, 0.717) is 10.0 Å². The zero-order valence-electron chi connectivity index (χ0n) is 10.0. The minimum absolute atomic E-state index is 0.0706. The van der Waals surface area contributed by atoms with E-state index in [1.54, 1.807) is 12.1 Å². The largest absolute Gasteiger partial charge is 0.469 e. The molecule has 1 N–H and O–H groups in total. The molecule has 0 aliphatic heterocycles. The Kier molecular flexibility index (Phi) is 5.09. The van der Waals surface area contributed by atoms with Crippen LogP contribution in [0.2, 0.25) is 10.0 Å². The number of nitrogens with one attached hydrogen (secondary N) is 1. The van der Waals surface area contributed by atoms with Gasteiger partial charge in [0, 0.05) is 11.1 Å². The maximum atomic E-state index is 11.1. The van der Waals surface area contributed by atoms with Gasteiger partial charge in [-0.25, -0.2) is 0 Å². The fraction of sp³-hybridized carbons (Fsp3) is 0.417. The minimum Gasteiger partial charge on any atom is -0.469 e. The lowest BCUT2D eigenvalue weighted by Crippen LogP contribution is -2.20. The summed E-state index contributed by atoms with van der Waals surface area (Å²) < 4.78 is 4.59. The molecule has 1 unspecified atom stereocenters. The van der Waals surface area contributed by atoms with Gasteiger partial charge in [-0.3, -0.25) is 4.79 Å². The number of hydrogen-bond donors (Lipinski definition) is 1. The Bertz CT molecular complexity index is 421. The average Bonchev–Trinajstić information content (AvgIpc) is 2.25. The predicted molar refractivity (Wildman–Crippen MR) is 70.9 cm³/mol. The van der Waals surface area contributed by atoms with Crippen LogP contribution in [-0.4, -0.2) is 19.1 Å². The summed E-state index contributed by atoms with van der Waals surface area (Å²) in [6.07, 6.45) is 0.276. The summed E-state index contributed by atoms with van der Waals surface area (Å²) in [4.78, 5) is 11.1. The van der Waals surface area contributed by atoms with Crippen molar-refractivity contribution in [1.29, 1.82) is 0 Å². The predicted octanol–water partition coefficient (Wildman–Crippen LogP) is 3.67. The van der Waals surface area contributed by atoms with E-state index < -0.39 is 0 Å². The number of anilines is 1. The number of carbonyl (C=O) groups is 1. The van der Waals surface area contributed by atoms with Gasteiger partial charge in [0.05, 0.1) is 24.2 Å². The van der Waals surface area contributed by atoms with Crippen molar-refractivity contribution in [2.45, 2.75) is 26.3 Å². The molecule has 1 aromatic carbocycles. The first kappa shape index (κ1) is 14.1. The monoisotopic (exact) mass is 275 g/mol. The topological polar surface area (TPSA) is 38.3 Å². The standard InChI is InChI=1S/C12H15Cl2NO2/c1-7-4-10(14)11(6-9(7)13)15-8(2)5-12(16)17-3/h4,6,8,15H,5H2,1-3H3. The zero-order chi connectivity index (χ0) is 13.0. The molecule has 1 aromatic rings. The molecular formula is C12H15Cl2NO2. The van der Waals surface area contributed by atoms with Crippen LogP contribution in [0.15, 0.2) is 12.1 Å². The van der Waals surface area contributed by atoms with Crippen LogP contribution in [0.4, 0.5) is 5.69 Å². The van der Waals surface area contributed by atoms with Gasteiger partial charge in [0.2, 0.25) is 0 Å². The molecule has 0 fully saturated rings. The Morgan fingerprint density at radius 1 is 1.41 bits per heavy atom. The Hall–Kier alpha value is -0.930. The number of esters is 1. The van der Waals surface area contributed by atoms with Crippen LogP contribution in [-0.2, 0) is 9.53 Å². The second kappa shape index (κ2) is 6.12. The van der Waals surface area contributed by atoms with E-state index in [0.717, 1.165) is 11.3 Å². The first-order valence-corrected chi connectivity index (χ1v) is 5.98. The van der Waals surface area contributed by atoms with Crippen molar-refractivity contribution >= 4 is 34.9 Å². The van der Waals surface area contributed by atoms with Crippen molar-refractivity contribution in [2.75, 3.05) is 12.4 Å². The molecule has 17 heavy (non-hydrogen) atoms. The summed E-state index contributed by atoms with van der Waals surface area (Å²) in [5.74, 6) is -0.265. The van der Waals surface area contributed by atoms with Crippen LogP contribution in [0.3, 0.4) is 0 Å². The zero-order valence-corrected chi connectivity index (χ0v) is 11.5. The highest BCUT2D eigenvalue weighted by molar-refractivity contribution is 6.35. The van der Waals surface area contributed by atoms with Crippen LogP contribution in [0.1, 0.15) is 18.9 Å². The molecule has 0 aliphatic rings. The molecule has 0 saturated heterocycles. The van der Waals surface area contributed by atoms with Gasteiger partial charge in [-0.05, 0) is 31.5 Å². The fourth-order valence-corrected chi connectivity index (χ4v) is 1.84. The number of ether oxygens (including phenoxy) is 1. The summed E-state index contributed by atoms with van der Waals surface area (Å²) in [5.41, 5.74) is 1.64. The van der Waals surface area contributed by atoms with Gasteiger partial charge in [0.25, 0.3) is 0 Å².